The Morgan fingerprint density at radius 1 is 1.24 bits per heavy atom. The molecule has 0 radical (unpaired) electrons. The highest BCUT2D eigenvalue weighted by Gasteiger charge is 2.10. The van der Waals surface area contributed by atoms with Crippen molar-refractivity contribution in [2.75, 3.05) is 12.4 Å². The zero-order valence-corrected chi connectivity index (χ0v) is 11.1. The lowest BCUT2D eigenvalue weighted by Gasteiger charge is -2.04. The molecule has 0 bridgehead atoms. The molecule has 0 spiro atoms. The largest absolute Gasteiger partial charge is 0.396 e. The summed E-state index contributed by atoms with van der Waals surface area (Å²) in [5.74, 6) is 1.47. The average Bonchev–Trinajstić information content (AvgIpc) is 2.70. The van der Waals surface area contributed by atoms with Crippen LogP contribution in [0.25, 0.3) is 5.78 Å². The number of hydrogen-bond acceptors (Lipinski definition) is 5. The molecule has 5 nitrogen and oxygen atoms in total. The molecule has 0 fully saturated rings. The van der Waals surface area contributed by atoms with Crippen molar-refractivity contribution in [1.29, 1.82) is 0 Å². The molecule has 2 aromatic heterocycles. The van der Waals surface area contributed by atoms with Crippen molar-refractivity contribution in [3.8, 4) is 0 Å². The van der Waals surface area contributed by atoms with Gasteiger partial charge in [-0.05, 0) is 32.8 Å². The highest BCUT2D eigenvalue weighted by atomic mass is 32.2. The molecule has 2 rings (SSSR count). The molecule has 0 aliphatic rings. The first-order valence-corrected chi connectivity index (χ1v) is 6.56. The Hall–Kier alpha value is -1.14. The van der Waals surface area contributed by atoms with Gasteiger partial charge in [0.2, 0.25) is 5.16 Å². The second-order valence-electron chi connectivity index (χ2n) is 3.94. The molecule has 0 unspecified atom stereocenters. The van der Waals surface area contributed by atoms with Crippen LogP contribution < -0.4 is 0 Å². The standard InChI is InChI=1S/C11H16N4OS/c1-7-8(2)12-10-13-11(17-6-4-5-16)14-15(10)9(7)3/h16H,4-6H2,1-3H3. The Labute approximate surface area is 104 Å². The molecule has 6 heteroatoms. The Morgan fingerprint density at radius 3 is 2.71 bits per heavy atom. The van der Waals surface area contributed by atoms with E-state index in [0.29, 0.717) is 5.78 Å². The molecule has 0 aliphatic heterocycles. The van der Waals surface area contributed by atoms with Crippen molar-refractivity contribution >= 4 is 17.5 Å². The minimum absolute atomic E-state index is 0.204. The number of aryl methyl sites for hydroxylation is 2. The first-order chi connectivity index (χ1) is 8.13. The zero-order chi connectivity index (χ0) is 12.4. The highest BCUT2D eigenvalue weighted by molar-refractivity contribution is 7.99. The van der Waals surface area contributed by atoms with Crippen molar-refractivity contribution in [3.05, 3.63) is 17.0 Å². The van der Waals surface area contributed by atoms with E-state index in [0.717, 1.165) is 34.3 Å². The lowest BCUT2D eigenvalue weighted by molar-refractivity contribution is 0.296. The van der Waals surface area contributed by atoms with E-state index in [9.17, 15) is 0 Å². The zero-order valence-electron chi connectivity index (χ0n) is 10.3. The highest BCUT2D eigenvalue weighted by Crippen LogP contribution is 2.17. The summed E-state index contributed by atoms with van der Waals surface area (Å²) >= 11 is 1.55. The number of aliphatic hydroxyl groups is 1. The van der Waals surface area contributed by atoms with Crippen LogP contribution in [0.2, 0.25) is 0 Å². The summed E-state index contributed by atoms with van der Waals surface area (Å²) in [6, 6.07) is 0. The van der Waals surface area contributed by atoms with E-state index in [4.69, 9.17) is 5.11 Å². The predicted octanol–water partition coefficient (Wildman–Crippen LogP) is 1.52. The number of hydrogen-bond donors (Lipinski definition) is 1. The van der Waals surface area contributed by atoms with E-state index in [1.165, 1.54) is 0 Å². The van der Waals surface area contributed by atoms with Gasteiger partial charge in [0.15, 0.2) is 0 Å². The third kappa shape index (κ3) is 2.42. The van der Waals surface area contributed by atoms with Crippen LogP contribution in [0.15, 0.2) is 5.16 Å². The van der Waals surface area contributed by atoms with Crippen LogP contribution in [0, 0.1) is 20.8 Å². The van der Waals surface area contributed by atoms with Crippen molar-refractivity contribution in [1.82, 2.24) is 19.6 Å². The lowest BCUT2D eigenvalue weighted by Crippen LogP contribution is -2.02. The van der Waals surface area contributed by atoms with Gasteiger partial charge in [-0.1, -0.05) is 11.8 Å². The normalized spacial score (nSPS) is 11.3. The van der Waals surface area contributed by atoms with Gasteiger partial charge in [-0.25, -0.2) is 9.50 Å². The first-order valence-electron chi connectivity index (χ1n) is 5.57. The van der Waals surface area contributed by atoms with E-state index in [2.05, 4.69) is 15.1 Å². The van der Waals surface area contributed by atoms with Gasteiger partial charge in [0.05, 0.1) is 0 Å². The van der Waals surface area contributed by atoms with Crippen LogP contribution in [0.4, 0.5) is 0 Å². The fraction of sp³-hybridized carbons (Fsp3) is 0.545. The molecule has 17 heavy (non-hydrogen) atoms. The second-order valence-corrected chi connectivity index (χ2v) is 5.00. The van der Waals surface area contributed by atoms with Crippen molar-refractivity contribution in [2.24, 2.45) is 0 Å². The van der Waals surface area contributed by atoms with Crippen LogP contribution in [0.3, 0.4) is 0 Å². The maximum absolute atomic E-state index is 8.73. The monoisotopic (exact) mass is 252 g/mol. The number of thioether (sulfide) groups is 1. The van der Waals surface area contributed by atoms with Crippen LogP contribution in [-0.2, 0) is 0 Å². The molecule has 0 saturated heterocycles. The molecular formula is C11H16N4OS. The van der Waals surface area contributed by atoms with Gasteiger partial charge in [0.1, 0.15) is 0 Å². The fourth-order valence-corrected chi connectivity index (χ4v) is 2.27. The van der Waals surface area contributed by atoms with Gasteiger partial charge >= 0.3 is 0 Å². The Bertz CT molecular complexity index is 538. The molecule has 2 aromatic rings. The summed E-state index contributed by atoms with van der Waals surface area (Å²) in [6.07, 6.45) is 0.755. The summed E-state index contributed by atoms with van der Waals surface area (Å²) in [7, 11) is 0. The van der Waals surface area contributed by atoms with Gasteiger partial charge in [0, 0.05) is 23.7 Å². The second kappa shape index (κ2) is 5.01. The summed E-state index contributed by atoms with van der Waals surface area (Å²) in [5.41, 5.74) is 3.22. The third-order valence-electron chi connectivity index (χ3n) is 2.78. The Kier molecular flexibility index (Phi) is 3.63. The number of aromatic nitrogens is 4. The molecule has 0 atom stereocenters. The third-order valence-corrected chi connectivity index (χ3v) is 3.70. The molecule has 2 heterocycles. The maximum Gasteiger partial charge on any atom is 0.253 e. The van der Waals surface area contributed by atoms with Gasteiger partial charge in [-0.2, -0.15) is 4.98 Å². The summed E-state index contributed by atoms with van der Waals surface area (Å²) < 4.78 is 1.78. The van der Waals surface area contributed by atoms with E-state index in [1.807, 2.05) is 20.8 Å². The lowest BCUT2D eigenvalue weighted by atomic mass is 10.2. The van der Waals surface area contributed by atoms with Crippen molar-refractivity contribution < 1.29 is 5.11 Å². The fourth-order valence-electron chi connectivity index (χ4n) is 1.53. The summed E-state index contributed by atoms with van der Waals surface area (Å²) in [6.45, 7) is 6.25. The molecule has 0 aromatic carbocycles. The van der Waals surface area contributed by atoms with E-state index in [1.54, 1.807) is 16.3 Å². The smallest absolute Gasteiger partial charge is 0.253 e. The quantitative estimate of drug-likeness (QED) is 0.660. The Balaban J connectivity index is 2.34. The van der Waals surface area contributed by atoms with Crippen LogP contribution >= 0.6 is 11.8 Å². The molecule has 0 amide bonds. The number of rotatable bonds is 4. The van der Waals surface area contributed by atoms with Crippen molar-refractivity contribution in [3.63, 3.8) is 0 Å². The van der Waals surface area contributed by atoms with E-state index < -0.39 is 0 Å². The van der Waals surface area contributed by atoms with Crippen LogP contribution in [0.5, 0.6) is 0 Å². The van der Waals surface area contributed by atoms with Crippen molar-refractivity contribution in [2.45, 2.75) is 32.3 Å². The van der Waals surface area contributed by atoms with Gasteiger partial charge in [-0.3, -0.25) is 0 Å². The van der Waals surface area contributed by atoms with Gasteiger partial charge in [-0.15, -0.1) is 5.10 Å². The topological polar surface area (TPSA) is 63.3 Å². The SMILES string of the molecule is Cc1nc2nc(SCCCO)nn2c(C)c1C. The Morgan fingerprint density at radius 2 is 2.00 bits per heavy atom. The molecule has 92 valence electrons. The average molecular weight is 252 g/mol. The van der Waals surface area contributed by atoms with Crippen LogP contribution in [0.1, 0.15) is 23.4 Å². The molecule has 0 aliphatic carbocycles. The minimum atomic E-state index is 0.204. The number of nitrogens with zero attached hydrogens (tertiary/aromatic N) is 4. The number of fused-ring (bicyclic) bond motifs is 1. The first kappa shape index (κ1) is 12.3. The predicted molar refractivity (Wildman–Crippen MR) is 67.4 cm³/mol. The summed E-state index contributed by atoms with van der Waals surface area (Å²) in [5, 5.41) is 13.9. The molecule has 0 saturated carbocycles. The van der Waals surface area contributed by atoms with E-state index in [-0.39, 0.29) is 6.61 Å². The summed E-state index contributed by atoms with van der Waals surface area (Å²) in [4.78, 5) is 8.78. The van der Waals surface area contributed by atoms with E-state index >= 15 is 0 Å². The molecule has 1 N–H and O–H groups in total. The van der Waals surface area contributed by atoms with Crippen LogP contribution in [-0.4, -0.2) is 37.0 Å². The van der Waals surface area contributed by atoms with Gasteiger partial charge in [0.25, 0.3) is 5.78 Å². The van der Waals surface area contributed by atoms with Gasteiger partial charge < -0.3 is 5.11 Å². The molecular weight excluding hydrogens is 236 g/mol. The maximum atomic E-state index is 8.73. The minimum Gasteiger partial charge on any atom is -0.396 e. The number of aliphatic hydroxyl groups excluding tert-OH is 1.